The normalized spacial score (nSPS) is 14.6. The Morgan fingerprint density at radius 1 is 1.21 bits per heavy atom. The molecule has 2 aromatic carbocycles. The maximum absolute atomic E-state index is 12.7. The third-order valence-electron chi connectivity index (χ3n) is 5.15. The van der Waals surface area contributed by atoms with Gasteiger partial charge in [0.15, 0.2) is 11.3 Å². The molecule has 0 spiro atoms. The molecular weight excluding hydrogens is 356 g/mol. The van der Waals surface area contributed by atoms with Gasteiger partial charge in [-0.3, -0.25) is 4.79 Å². The Bertz CT molecular complexity index is 1120. The summed E-state index contributed by atoms with van der Waals surface area (Å²) in [6.45, 7) is 5.64. The van der Waals surface area contributed by atoms with Gasteiger partial charge in [-0.1, -0.05) is 18.2 Å². The maximum atomic E-state index is 12.7. The number of carboxylic acid groups (broad SMARTS) is 1. The molecule has 2 heterocycles. The van der Waals surface area contributed by atoms with Crippen LogP contribution in [-0.4, -0.2) is 24.2 Å². The van der Waals surface area contributed by atoms with Crippen LogP contribution in [0.4, 0.5) is 11.6 Å². The zero-order valence-corrected chi connectivity index (χ0v) is 15.9. The van der Waals surface area contributed by atoms with Gasteiger partial charge in [0.1, 0.15) is 5.58 Å². The number of carboxylic acids is 1. The largest absolute Gasteiger partial charge is 0.478 e. The van der Waals surface area contributed by atoms with Gasteiger partial charge in [0.25, 0.3) is 0 Å². The predicted octanol–water partition coefficient (Wildman–Crippen LogP) is 4.18. The third-order valence-corrected chi connectivity index (χ3v) is 5.15. The Morgan fingerprint density at radius 3 is 2.64 bits per heavy atom. The van der Waals surface area contributed by atoms with E-state index in [0.717, 1.165) is 30.6 Å². The van der Waals surface area contributed by atoms with E-state index in [1.165, 1.54) is 0 Å². The number of nitrogens with zero attached hydrogens (tertiary/aromatic N) is 1. The lowest BCUT2D eigenvalue weighted by atomic mass is 10.0. The summed E-state index contributed by atoms with van der Waals surface area (Å²) in [5, 5.41) is 13.2. The van der Waals surface area contributed by atoms with Crippen molar-refractivity contribution in [2.45, 2.75) is 26.3 Å². The molecule has 0 saturated carbocycles. The number of fused-ring (bicyclic) bond motifs is 1. The van der Waals surface area contributed by atoms with E-state index in [2.05, 4.69) is 5.32 Å². The predicted molar refractivity (Wildman–Crippen MR) is 109 cm³/mol. The van der Waals surface area contributed by atoms with Gasteiger partial charge in [0.2, 0.25) is 0 Å². The van der Waals surface area contributed by atoms with Crippen molar-refractivity contribution >= 4 is 28.5 Å². The van der Waals surface area contributed by atoms with Gasteiger partial charge in [0, 0.05) is 30.4 Å². The molecule has 1 atom stereocenters. The maximum Gasteiger partial charge on any atom is 0.337 e. The summed E-state index contributed by atoms with van der Waals surface area (Å²) in [5.41, 5.74) is 2.99. The van der Waals surface area contributed by atoms with Gasteiger partial charge in [0.05, 0.1) is 17.0 Å². The molecule has 144 valence electrons. The zero-order chi connectivity index (χ0) is 19.8. The Kier molecular flexibility index (Phi) is 4.55. The van der Waals surface area contributed by atoms with E-state index in [-0.39, 0.29) is 17.0 Å². The fourth-order valence-electron chi connectivity index (χ4n) is 3.54. The van der Waals surface area contributed by atoms with Crippen LogP contribution >= 0.6 is 0 Å². The van der Waals surface area contributed by atoms with Crippen molar-refractivity contribution in [2.24, 2.45) is 0 Å². The minimum absolute atomic E-state index is 0.0637. The highest BCUT2D eigenvalue weighted by molar-refractivity contribution is 5.94. The van der Waals surface area contributed by atoms with Crippen molar-refractivity contribution < 1.29 is 14.3 Å². The summed E-state index contributed by atoms with van der Waals surface area (Å²) in [5.74, 6) is -0.400. The van der Waals surface area contributed by atoms with Crippen molar-refractivity contribution in [3.63, 3.8) is 0 Å². The number of hydrogen-bond acceptors (Lipinski definition) is 5. The Hall–Kier alpha value is -3.28. The first-order chi connectivity index (χ1) is 13.4. The first kappa shape index (κ1) is 18.1. The number of rotatable bonds is 5. The molecule has 1 aliphatic heterocycles. The van der Waals surface area contributed by atoms with Gasteiger partial charge in [-0.2, -0.15) is 0 Å². The zero-order valence-electron chi connectivity index (χ0n) is 15.9. The van der Waals surface area contributed by atoms with Crippen LogP contribution in [-0.2, 0) is 0 Å². The topological polar surface area (TPSA) is 82.8 Å². The second kappa shape index (κ2) is 7.03. The number of anilines is 2. The van der Waals surface area contributed by atoms with E-state index in [0.29, 0.717) is 22.5 Å². The van der Waals surface area contributed by atoms with Crippen molar-refractivity contribution in [3.05, 3.63) is 69.4 Å². The molecule has 1 aromatic heterocycles. The van der Waals surface area contributed by atoms with Crippen LogP contribution in [0.1, 0.15) is 40.9 Å². The van der Waals surface area contributed by atoms with Crippen molar-refractivity contribution in [3.8, 4) is 0 Å². The minimum atomic E-state index is -0.990. The molecule has 0 aliphatic carbocycles. The number of nitrogens with one attached hydrogen (secondary N) is 1. The first-order valence-corrected chi connectivity index (χ1v) is 9.36. The van der Waals surface area contributed by atoms with Crippen LogP contribution in [0.5, 0.6) is 0 Å². The van der Waals surface area contributed by atoms with Crippen molar-refractivity contribution in [2.75, 3.05) is 23.3 Å². The molecule has 1 unspecified atom stereocenters. The molecule has 1 fully saturated rings. The van der Waals surface area contributed by atoms with Gasteiger partial charge in [-0.15, -0.1) is 0 Å². The van der Waals surface area contributed by atoms with E-state index in [4.69, 9.17) is 4.42 Å². The van der Waals surface area contributed by atoms with Gasteiger partial charge in [-0.05, 0) is 44.0 Å². The lowest BCUT2D eigenvalue weighted by Gasteiger charge is -2.31. The fraction of sp³-hybridized carbons (Fsp3) is 0.273. The van der Waals surface area contributed by atoms with Crippen LogP contribution < -0.4 is 15.6 Å². The van der Waals surface area contributed by atoms with Gasteiger partial charge in [-0.25, -0.2) is 4.79 Å². The molecule has 4 rings (SSSR count). The number of aromatic carboxylic acids is 1. The number of benzene rings is 2. The van der Waals surface area contributed by atoms with E-state index in [1.807, 2.05) is 30.9 Å². The van der Waals surface area contributed by atoms with Crippen molar-refractivity contribution in [1.29, 1.82) is 0 Å². The molecule has 28 heavy (non-hydrogen) atoms. The smallest absolute Gasteiger partial charge is 0.337 e. The highest BCUT2D eigenvalue weighted by Crippen LogP contribution is 2.31. The number of aryl methyl sites for hydroxylation is 1. The Labute approximate surface area is 162 Å². The SMILES string of the molecule is Cc1cc(C(C)Nc2ccccc2C(=O)O)c2oc(N3CCC3)cc(=O)c2c1. The van der Waals surface area contributed by atoms with Gasteiger partial charge < -0.3 is 19.7 Å². The highest BCUT2D eigenvalue weighted by atomic mass is 16.4. The molecule has 0 amide bonds. The molecule has 2 N–H and O–H groups in total. The molecular formula is C22H22N2O4. The second-order valence-corrected chi connectivity index (χ2v) is 7.24. The Balaban J connectivity index is 1.80. The van der Waals surface area contributed by atoms with E-state index in [1.54, 1.807) is 30.3 Å². The highest BCUT2D eigenvalue weighted by Gasteiger charge is 2.21. The third kappa shape index (κ3) is 3.22. The van der Waals surface area contributed by atoms with Crippen LogP contribution in [0.2, 0.25) is 0 Å². The second-order valence-electron chi connectivity index (χ2n) is 7.24. The van der Waals surface area contributed by atoms with E-state index < -0.39 is 5.97 Å². The first-order valence-electron chi connectivity index (χ1n) is 9.36. The lowest BCUT2D eigenvalue weighted by molar-refractivity contribution is 0.0698. The van der Waals surface area contributed by atoms with Gasteiger partial charge >= 0.3 is 5.97 Å². The summed E-state index contributed by atoms with van der Waals surface area (Å²) in [7, 11) is 0. The van der Waals surface area contributed by atoms with Crippen LogP contribution in [0, 0.1) is 6.92 Å². The molecule has 3 aromatic rings. The number of para-hydroxylation sites is 1. The molecule has 6 heteroatoms. The van der Waals surface area contributed by atoms with Crippen LogP contribution in [0.15, 0.2) is 51.7 Å². The summed E-state index contributed by atoms with van der Waals surface area (Å²) in [6, 6.07) is 11.9. The quantitative estimate of drug-likeness (QED) is 0.693. The molecule has 0 radical (unpaired) electrons. The molecule has 1 aliphatic rings. The average molecular weight is 378 g/mol. The molecule has 0 bridgehead atoms. The average Bonchev–Trinajstić information content (AvgIpc) is 2.60. The fourth-order valence-corrected chi connectivity index (χ4v) is 3.54. The summed E-state index contributed by atoms with van der Waals surface area (Å²) in [6.07, 6.45) is 1.09. The van der Waals surface area contributed by atoms with E-state index >= 15 is 0 Å². The minimum Gasteiger partial charge on any atom is -0.478 e. The van der Waals surface area contributed by atoms with Crippen LogP contribution in [0.3, 0.4) is 0 Å². The molecule has 1 saturated heterocycles. The Morgan fingerprint density at radius 2 is 1.96 bits per heavy atom. The summed E-state index contributed by atoms with van der Waals surface area (Å²) in [4.78, 5) is 26.2. The lowest BCUT2D eigenvalue weighted by Crippen LogP contribution is -2.37. The number of hydrogen-bond donors (Lipinski definition) is 2. The van der Waals surface area contributed by atoms with Crippen LogP contribution in [0.25, 0.3) is 11.0 Å². The number of carbonyl (C=O) groups is 1. The monoisotopic (exact) mass is 378 g/mol. The van der Waals surface area contributed by atoms with E-state index in [9.17, 15) is 14.7 Å². The standard InChI is InChI=1S/C22H22N2O4/c1-13-10-16(14(2)23-18-7-4-3-6-15(18)22(26)27)21-17(11-13)19(25)12-20(28-21)24-8-5-9-24/h3-4,6-7,10-12,14,23H,5,8-9H2,1-2H3,(H,26,27). The van der Waals surface area contributed by atoms with Crippen molar-refractivity contribution in [1.82, 2.24) is 0 Å². The summed E-state index contributed by atoms with van der Waals surface area (Å²) >= 11 is 0. The summed E-state index contributed by atoms with van der Waals surface area (Å²) < 4.78 is 6.14. The molecule has 6 nitrogen and oxygen atoms in total.